The Morgan fingerprint density at radius 3 is 2.38 bits per heavy atom. The summed E-state index contributed by atoms with van der Waals surface area (Å²) in [7, 11) is 0. The van der Waals surface area contributed by atoms with Gasteiger partial charge in [-0.05, 0) is 31.5 Å². The number of piperazine rings is 1. The van der Waals surface area contributed by atoms with E-state index in [4.69, 9.17) is 14.0 Å². The summed E-state index contributed by atoms with van der Waals surface area (Å²) in [6.45, 7) is 7.23. The number of hydrogen-bond acceptors (Lipinski definition) is 7. The zero-order valence-electron chi connectivity index (χ0n) is 19.5. The number of amides is 1. The Labute approximate surface area is 199 Å². The highest BCUT2D eigenvalue weighted by Gasteiger charge is 2.23. The smallest absolute Gasteiger partial charge is 0.342 e. The number of carbonyl (C=O) groups is 2. The lowest BCUT2D eigenvalue weighted by atomic mass is 10.2. The Morgan fingerprint density at radius 2 is 1.68 bits per heavy atom. The van der Waals surface area contributed by atoms with E-state index in [1.807, 2.05) is 32.0 Å². The molecule has 0 radical (unpaired) electrons. The minimum Gasteiger partial charge on any atom is -0.488 e. The van der Waals surface area contributed by atoms with Gasteiger partial charge in [-0.3, -0.25) is 9.69 Å². The molecule has 1 aliphatic rings. The first-order chi connectivity index (χ1) is 16.5. The van der Waals surface area contributed by atoms with Crippen molar-refractivity contribution < 1.29 is 23.6 Å². The van der Waals surface area contributed by atoms with Crippen LogP contribution in [-0.4, -0.2) is 59.6 Å². The maximum absolute atomic E-state index is 12.7. The fourth-order valence-corrected chi connectivity index (χ4v) is 3.91. The highest BCUT2D eigenvalue weighted by Crippen LogP contribution is 2.22. The van der Waals surface area contributed by atoms with Crippen LogP contribution in [0.25, 0.3) is 0 Å². The fraction of sp³-hybridized carbons (Fsp3) is 0.346. The van der Waals surface area contributed by atoms with Crippen LogP contribution in [0.3, 0.4) is 0 Å². The highest BCUT2D eigenvalue weighted by atomic mass is 16.5. The van der Waals surface area contributed by atoms with Gasteiger partial charge in [-0.2, -0.15) is 0 Å². The van der Waals surface area contributed by atoms with Crippen molar-refractivity contribution in [1.82, 2.24) is 15.0 Å². The molecule has 0 bridgehead atoms. The first-order valence-corrected chi connectivity index (χ1v) is 11.4. The number of para-hydroxylation sites is 1. The third-order valence-electron chi connectivity index (χ3n) is 5.96. The zero-order valence-corrected chi connectivity index (χ0v) is 19.5. The Balaban J connectivity index is 1.26. The minimum absolute atomic E-state index is 0.193. The molecule has 8 heteroatoms. The molecule has 1 saturated heterocycles. The summed E-state index contributed by atoms with van der Waals surface area (Å²) in [6, 6.07) is 17.1. The molecular formula is C26H29N3O5. The second-order valence-corrected chi connectivity index (χ2v) is 8.31. The lowest BCUT2D eigenvalue weighted by Gasteiger charge is -2.34. The molecule has 0 unspecified atom stereocenters. The van der Waals surface area contributed by atoms with E-state index in [-0.39, 0.29) is 24.7 Å². The van der Waals surface area contributed by atoms with E-state index in [0.717, 1.165) is 30.9 Å². The van der Waals surface area contributed by atoms with Crippen molar-refractivity contribution in [3.05, 3.63) is 82.7 Å². The van der Waals surface area contributed by atoms with Gasteiger partial charge in [0, 0.05) is 32.7 Å². The average molecular weight is 464 g/mol. The van der Waals surface area contributed by atoms with Crippen LogP contribution in [0.1, 0.15) is 32.9 Å². The number of carbonyl (C=O) groups excluding carboxylic acids is 2. The molecular weight excluding hydrogens is 434 g/mol. The van der Waals surface area contributed by atoms with Crippen LogP contribution in [-0.2, 0) is 22.7 Å². The Hall–Kier alpha value is -3.65. The van der Waals surface area contributed by atoms with Gasteiger partial charge in [0.15, 0.2) is 6.61 Å². The maximum Gasteiger partial charge on any atom is 0.342 e. The molecule has 34 heavy (non-hydrogen) atoms. The predicted molar refractivity (Wildman–Crippen MR) is 125 cm³/mol. The lowest BCUT2D eigenvalue weighted by Crippen LogP contribution is -2.49. The van der Waals surface area contributed by atoms with Crippen LogP contribution in [0.2, 0.25) is 0 Å². The van der Waals surface area contributed by atoms with Crippen molar-refractivity contribution in [2.45, 2.75) is 27.0 Å². The van der Waals surface area contributed by atoms with Crippen molar-refractivity contribution in [3.8, 4) is 5.75 Å². The average Bonchev–Trinajstić information content (AvgIpc) is 3.19. The van der Waals surface area contributed by atoms with Crippen molar-refractivity contribution in [1.29, 1.82) is 0 Å². The van der Waals surface area contributed by atoms with Gasteiger partial charge < -0.3 is 18.9 Å². The van der Waals surface area contributed by atoms with Crippen LogP contribution in [0, 0.1) is 13.8 Å². The molecule has 2 aromatic carbocycles. The van der Waals surface area contributed by atoms with Gasteiger partial charge in [-0.15, -0.1) is 0 Å². The summed E-state index contributed by atoms with van der Waals surface area (Å²) in [5, 5.41) is 3.91. The van der Waals surface area contributed by atoms with E-state index in [9.17, 15) is 9.59 Å². The van der Waals surface area contributed by atoms with Crippen LogP contribution < -0.4 is 4.74 Å². The third-order valence-corrected chi connectivity index (χ3v) is 5.96. The topological polar surface area (TPSA) is 85.1 Å². The molecule has 0 atom stereocenters. The second kappa shape index (κ2) is 11.0. The number of rotatable bonds is 8. The predicted octanol–water partition coefficient (Wildman–Crippen LogP) is 3.37. The largest absolute Gasteiger partial charge is 0.488 e. The number of aromatic nitrogens is 1. The molecule has 4 rings (SSSR count). The molecule has 0 N–H and O–H groups in total. The summed E-state index contributed by atoms with van der Waals surface area (Å²) >= 11 is 0. The van der Waals surface area contributed by atoms with Crippen molar-refractivity contribution in [2.24, 2.45) is 0 Å². The van der Waals surface area contributed by atoms with Gasteiger partial charge >= 0.3 is 5.97 Å². The first kappa shape index (κ1) is 23.5. The van der Waals surface area contributed by atoms with E-state index >= 15 is 0 Å². The highest BCUT2D eigenvalue weighted by molar-refractivity contribution is 5.94. The molecule has 2 heterocycles. The molecule has 3 aromatic rings. The van der Waals surface area contributed by atoms with Gasteiger partial charge in [0.25, 0.3) is 5.91 Å². The van der Waals surface area contributed by atoms with Gasteiger partial charge in [0.2, 0.25) is 0 Å². The molecule has 0 spiro atoms. The number of benzene rings is 2. The number of ether oxygens (including phenoxy) is 2. The zero-order chi connectivity index (χ0) is 23.9. The molecule has 0 aliphatic carbocycles. The summed E-state index contributed by atoms with van der Waals surface area (Å²) in [5.74, 6) is 0.272. The quantitative estimate of drug-likeness (QED) is 0.474. The van der Waals surface area contributed by atoms with Crippen molar-refractivity contribution in [2.75, 3.05) is 32.8 Å². The normalized spacial score (nSPS) is 14.1. The Kier molecular flexibility index (Phi) is 7.59. The SMILES string of the molecule is Cc1noc(C)c1COc1ccccc1C(=O)OCC(=O)N1CCN(Cc2ccccc2)CC1. The standard InChI is InChI=1S/C26H29N3O5/c1-19-23(20(2)34-27-19)17-32-24-11-7-6-10-22(24)26(31)33-18-25(30)29-14-12-28(13-15-29)16-21-8-4-3-5-9-21/h3-11H,12-18H2,1-2H3. The molecule has 1 amide bonds. The molecule has 1 aromatic heterocycles. The summed E-state index contributed by atoms with van der Waals surface area (Å²) in [5.41, 5.74) is 3.11. The van der Waals surface area contributed by atoms with Gasteiger partial charge in [0.1, 0.15) is 23.7 Å². The number of aryl methyl sites for hydroxylation is 2. The summed E-state index contributed by atoms with van der Waals surface area (Å²) in [6.07, 6.45) is 0. The van der Waals surface area contributed by atoms with Gasteiger partial charge in [-0.1, -0.05) is 47.6 Å². The molecule has 1 fully saturated rings. The number of esters is 1. The van der Waals surface area contributed by atoms with Crippen LogP contribution in [0.5, 0.6) is 5.75 Å². The Bertz CT molecular complexity index is 1100. The van der Waals surface area contributed by atoms with E-state index in [1.165, 1.54) is 5.56 Å². The number of nitrogens with zero attached hydrogens (tertiary/aromatic N) is 3. The van der Waals surface area contributed by atoms with Gasteiger partial charge in [0.05, 0.1) is 11.3 Å². The van der Waals surface area contributed by atoms with Crippen LogP contribution in [0.15, 0.2) is 59.1 Å². The molecule has 1 aliphatic heterocycles. The van der Waals surface area contributed by atoms with Crippen molar-refractivity contribution >= 4 is 11.9 Å². The summed E-state index contributed by atoms with van der Waals surface area (Å²) < 4.78 is 16.3. The first-order valence-electron chi connectivity index (χ1n) is 11.4. The monoisotopic (exact) mass is 463 g/mol. The Morgan fingerprint density at radius 1 is 0.971 bits per heavy atom. The third kappa shape index (κ3) is 5.82. The van der Waals surface area contributed by atoms with E-state index < -0.39 is 5.97 Å². The second-order valence-electron chi connectivity index (χ2n) is 8.31. The van der Waals surface area contributed by atoms with Crippen LogP contribution in [0.4, 0.5) is 0 Å². The van der Waals surface area contributed by atoms with E-state index in [2.05, 4.69) is 22.2 Å². The van der Waals surface area contributed by atoms with Crippen molar-refractivity contribution in [3.63, 3.8) is 0 Å². The molecule has 178 valence electrons. The van der Waals surface area contributed by atoms with E-state index in [0.29, 0.717) is 24.6 Å². The molecule has 0 saturated carbocycles. The van der Waals surface area contributed by atoms with Crippen LogP contribution >= 0.6 is 0 Å². The molecule has 8 nitrogen and oxygen atoms in total. The van der Waals surface area contributed by atoms with Gasteiger partial charge in [-0.25, -0.2) is 4.79 Å². The fourth-order valence-electron chi connectivity index (χ4n) is 3.91. The van der Waals surface area contributed by atoms with E-state index in [1.54, 1.807) is 29.2 Å². The minimum atomic E-state index is -0.592. The summed E-state index contributed by atoms with van der Waals surface area (Å²) in [4.78, 5) is 29.4. The number of hydrogen-bond donors (Lipinski definition) is 0. The maximum atomic E-state index is 12.7. The lowest BCUT2D eigenvalue weighted by molar-refractivity contribution is -0.136.